The molecular weight excluding hydrogens is 278 g/mol. The van der Waals surface area contributed by atoms with Crippen molar-refractivity contribution in [1.29, 1.82) is 0 Å². The second-order valence-corrected chi connectivity index (χ2v) is 5.41. The SMILES string of the molecule is Cc1nc(-c2cc(NC(=O)c3ccco3)c(C)s2)no1. The first-order valence-corrected chi connectivity index (χ1v) is 6.71. The van der Waals surface area contributed by atoms with E-state index < -0.39 is 0 Å². The Morgan fingerprint density at radius 3 is 2.90 bits per heavy atom. The van der Waals surface area contributed by atoms with Gasteiger partial charge in [0, 0.05) is 11.8 Å². The summed E-state index contributed by atoms with van der Waals surface area (Å²) >= 11 is 1.49. The molecule has 1 amide bonds. The number of nitrogens with zero attached hydrogens (tertiary/aromatic N) is 2. The lowest BCUT2D eigenvalue weighted by molar-refractivity contribution is 0.0996. The predicted octanol–water partition coefficient (Wildman–Crippen LogP) is 3.26. The Morgan fingerprint density at radius 1 is 1.40 bits per heavy atom. The summed E-state index contributed by atoms with van der Waals surface area (Å²) in [5, 5.41) is 6.66. The number of anilines is 1. The van der Waals surface area contributed by atoms with Crippen molar-refractivity contribution in [2.24, 2.45) is 0 Å². The maximum Gasteiger partial charge on any atom is 0.291 e. The molecule has 0 saturated carbocycles. The van der Waals surface area contributed by atoms with E-state index in [0.29, 0.717) is 17.4 Å². The number of carbonyl (C=O) groups excluding carboxylic acids is 1. The lowest BCUT2D eigenvalue weighted by atomic mass is 10.3. The van der Waals surface area contributed by atoms with Gasteiger partial charge in [-0.15, -0.1) is 11.3 Å². The van der Waals surface area contributed by atoms with Crippen LogP contribution < -0.4 is 5.32 Å². The van der Waals surface area contributed by atoms with Gasteiger partial charge >= 0.3 is 0 Å². The van der Waals surface area contributed by atoms with Crippen molar-refractivity contribution in [3.8, 4) is 10.7 Å². The third kappa shape index (κ3) is 2.35. The molecule has 6 nitrogen and oxygen atoms in total. The van der Waals surface area contributed by atoms with Gasteiger partial charge in [-0.25, -0.2) is 0 Å². The molecule has 3 aromatic heterocycles. The predicted molar refractivity (Wildman–Crippen MR) is 73.7 cm³/mol. The van der Waals surface area contributed by atoms with Crippen LogP contribution in [0.4, 0.5) is 5.69 Å². The van der Waals surface area contributed by atoms with Crippen molar-refractivity contribution in [2.75, 3.05) is 5.32 Å². The Labute approximate surface area is 118 Å². The fourth-order valence-electron chi connectivity index (χ4n) is 1.71. The van der Waals surface area contributed by atoms with E-state index in [1.165, 1.54) is 17.6 Å². The molecule has 0 unspecified atom stereocenters. The number of carbonyl (C=O) groups is 1. The monoisotopic (exact) mass is 289 g/mol. The van der Waals surface area contributed by atoms with Gasteiger partial charge in [0.15, 0.2) is 5.76 Å². The van der Waals surface area contributed by atoms with Crippen LogP contribution in [0.3, 0.4) is 0 Å². The van der Waals surface area contributed by atoms with Crippen LogP contribution in [-0.2, 0) is 0 Å². The largest absolute Gasteiger partial charge is 0.459 e. The number of thiophene rings is 1. The number of nitrogens with one attached hydrogen (secondary N) is 1. The van der Waals surface area contributed by atoms with E-state index >= 15 is 0 Å². The molecule has 3 heterocycles. The van der Waals surface area contributed by atoms with Gasteiger partial charge in [0.05, 0.1) is 16.8 Å². The zero-order valence-electron chi connectivity index (χ0n) is 10.8. The van der Waals surface area contributed by atoms with Crippen LogP contribution in [0.1, 0.15) is 21.3 Å². The van der Waals surface area contributed by atoms with Gasteiger partial charge in [0.25, 0.3) is 5.91 Å². The molecule has 0 bridgehead atoms. The van der Waals surface area contributed by atoms with Gasteiger partial charge in [-0.2, -0.15) is 4.98 Å². The Balaban J connectivity index is 1.84. The van der Waals surface area contributed by atoms with Gasteiger partial charge in [0.2, 0.25) is 11.7 Å². The van der Waals surface area contributed by atoms with E-state index in [0.717, 1.165) is 9.75 Å². The first kappa shape index (κ1) is 12.6. The minimum atomic E-state index is -0.285. The van der Waals surface area contributed by atoms with E-state index in [1.54, 1.807) is 19.1 Å². The molecule has 0 radical (unpaired) electrons. The van der Waals surface area contributed by atoms with Crippen LogP contribution in [0.2, 0.25) is 0 Å². The minimum Gasteiger partial charge on any atom is -0.459 e. The molecule has 0 aliphatic heterocycles. The van der Waals surface area contributed by atoms with E-state index in [1.807, 2.05) is 13.0 Å². The second kappa shape index (κ2) is 4.93. The Hall–Kier alpha value is -2.41. The number of aryl methyl sites for hydroxylation is 2. The summed E-state index contributed by atoms with van der Waals surface area (Å²) in [6.45, 7) is 3.65. The molecule has 0 saturated heterocycles. The highest BCUT2D eigenvalue weighted by Crippen LogP contribution is 2.32. The Kier molecular flexibility index (Phi) is 3.11. The summed E-state index contributed by atoms with van der Waals surface area (Å²) in [4.78, 5) is 17.9. The lowest BCUT2D eigenvalue weighted by Gasteiger charge is -2.00. The highest BCUT2D eigenvalue weighted by atomic mass is 32.1. The molecule has 1 N–H and O–H groups in total. The molecule has 0 aliphatic rings. The van der Waals surface area contributed by atoms with Crippen LogP contribution in [0, 0.1) is 13.8 Å². The van der Waals surface area contributed by atoms with E-state index in [9.17, 15) is 4.79 Å². The maximum atomic E-state index is 11.9. The first-order chi connectivity index (χ1) is 9.63. The normalized spacial score (nSPS) is 10.7. The Morgan fingerprint density at radius 2 is 2.25 bits per heavy atom. The average molecular weight is 289 g/mol. The molecule has 3 rings (SSSR count). The van der Waals surface area contributed by atoms with Crippen molar-refractivity contribution >= 4 is 22.9 Å². The van der Waals surface area contributed by atoms with Crippen molar-refractivity contribution in [1.82, 2.24) is 10.1 Å². The van der Waals surface area contributed by atoms with E-state index in [4.69, 9.17) is 8.94 Å². The second-order valence-electron chi connectivity index (χ2n) is 4.15. The standard InChI is InChI=1S/C13H11N3O3S/c1-7-9(15-13(17)10-4-3-5-18-10)6-11(20-7)12-14-8(2)19-16-12/h3-6H,1-2H3,(H,15,17). The maximum absolute atomic E-state index is 11.9. The lowest BCUT2D eigenvalue weighted by Crippen LogP contribution is -2.10. The number of furan rings is 1. The molecule has 0 atom stereocenters. The van der Waals surface area contributed by atoms with E-state index in [2.05, 4.69) is 15.5 Å². The van der Waals surface area contributed by atoms with Gasteiger partial charge < -0.3 is 14.3 Å². The van der Waals surface area contributed by atoms with Crippen LogP contribution >= 0.6 is 11.3 Å². The zero-order valence-corrected chi connectivity index (χ0v) is 11.7. The molecule has 0 aromatic carbocycles. The zero-order chi connectivity index (χ0) is 14.1. The van der Waals surface area contributed by atoms with Gasteiger partial charge in [-0.1, -0.05) is 5.16 Å². The van der Waals surface area contributed by atoms with Crippen LogP contribution in [-0.4, -0.2) is 16.0 Å². The van der Waals surface area contributed by atoms with Crippen molar-refractivity contribution in [3.63, 3.8) is 0 Å². The number of hydrogen-bond acceptors (Lipinski definition) is 6. The van der Waals surface area contributed by atoms with Crippen molar-refractivity contribution < 1.29 is 13.7 Å². The number of rotatable bonds is 3. The van der Waals surface area contributed by atoms with Gasteiger partial charge in [-0.3, -0.25) is 4.79 Å². The van der Waals surface area contributed by atoms with Gasteiger partial charge in [-0.05, 0) is 25.1 Å². The van der Waals surface area contributed by atoms with Crippen LogP contribution in [0.15, 0.2) is 33.4 Å². The fraction of sp³-hybridized carbons (Fsp3) is 0.154. The molecule has 0 fully saturated rings. The molecule has 102 valence electrons. The highest BCUT2D eigenvalue weighted by Gasteiger charge is 2.15. The number of amides is 1. The molecule has 0 spiro atoms. The number of hydrogen-bond donors (Lipinski definition) is 1. The number of aromatic nitrogens is 2. The van der Waals surface area contributed by atoms with Crippen molar-refractivity contribution in [3.05, 3.63) is 41.0 Å². The van der Waals surface area contributed by atoms with Gasteiger partial charge in [0.1, 0.15) is 0 Å². The summed E-state index contributed by atoms with van der Waals surface area (Å²) in [6, 6.07) is 5.11. The van der Waals surface area contributed by atoms with Crippen molar-refractivity contribution in [2.45, 2.75) is 13.8 Å². The third-order valence-electron chi connectivity index (χ3n) is 2.66. The molecule has 3 aromatic rings. The summed E-state index contributed by atoms with van der Waals surface area (Å²) in [7, 11) is 0. The third-order valence-corrected chi connectivity index (χ3v) is 3.71. The summed E-state index contributed by atoms with van der Waals surface area (Å²) < 4.78 is 10.0. The summed E-state index contributed by atoms with van der Waals surface area (Å²) in [6.07, 6.45) is 1.46. The molecule has 20 heavy (non-hydrogen) atoms. The molecule has 0 aliphatic carbocycles. The summed E-state index contributed by atoms with van der Waals surface area (Å²) in [5.41, 5.74) is 0.717. The van der Waals surface area contributed by atoms with Crippen LogP contribution in [0.5, 0.6) is 0 Å². The topological polar surface area (TPSA) is 81.2 Å². The quantitative estimate of drug-likeness (QED) is 0.800. The van der Waals surface area contributed by atoms with E-state index in [-0.39, 0.29) is 11.7 Å². The Bertz CT molecular complexity index is 743. The minimum absolute atomic E-state index is 0.271. The molecular formula is C13H11N3O3S. The smallest absolute Gasteiger partial charge is 0.291 e. The van der Waals surface area contributed by atoms with Crippen LogP contribution in [0.25, 0.3) is 10.7 Å². The highest BCUT2D eigenvalue weighted by molar-refractivity contribution is 7.16. The molecule has 7 heteroatoms. The fourth-order valence-corrected chi connectivity index (χ4v) is 2.61. The summed E-state index contributed by atoms with van der Waals surface area (Å²) in [5.74, 6) is 1.01. The average Bonchev–Trinajstić information content (AvgIpc) is 3.11. The first-order valence-electron chi connectivity index (χ1n) is 5.89.